The van der Waals surface area contributed by atoms with Gasteiger partial charge in [0.25, 0.3) is 0 Å². The van der Waals surface area contributed by atoms with E-state index in [9.17, 15) is 4.79 Å². The normalized spacial score (nSPS) is 20.4. The molecule has 2 nitrogen and oxygen atoms in total. The summed E-state index contributed by atoms with van der Waals surface area (Å²) < 4.78 is 0. The van der Waals surface area contributed by atoms with Crippen molar-refractivity contribution < 1.29 is 4.79 Å². The highest BCUT2D eigenvalue weighted by molar-refractivity contribution is 6.01. The van der Waals surface area contributed by atoms with Crippen molar-refractivity contribution in [2.24, 2.45) is 5.73 Å². The van der Waals surface area contributed by atoms with Gasteiger partial charge in [-0.15, -0.1) is 0 Å². The van der Waals surface area contributed by atoms with Crippen LogP contribution in [0, 0.1) is 0 Å². The van der Waals surface area contributed by atoms with Crippen LogP contribution in [0.4, 0.5) is 0 Å². The first kappa shape index (κ1) is 8.45. The van der Waals surface area contributed by atoms with Crippen LogP contribution in [0.15, 0.2) is 24.3 Å². The third-order valence-electron chi connectivity index (χ3n) is 2.65. The van der Waals surface area contributed by atoms with E-state index in [1.165, 1.54) is 5.56 Å². The zero-order valence-corrected chi connectivity index (χ0v) is 7.49. The molecule has 1 aliphatic carbocycles. The van der Waals surface area contributed by atoms with Gasteiger partial charge >= 0.3 is 0 Å². The third-order valence-corrected chi connectivity index (χ3v) is 2.65. The molecule has 0 spiro atoms. The number of rotatable bonds is 2. The van der Waals surface area contributed by atoms with Gasteiger partial charge in [0.05, 0.1) is 0 Å². The summed E-state index contributed by atoms with van der Waals surface area (Å²) in [6, 6.07) is 7.86. The molecule has 68 valence electrons. The second-order valence-electron chi connectivity index (χ2n) is 3.49. The second kappa shape index (κ2) is 3.30. The number of Topliss-reactive ketones (excluding diaryl/α,β-unsaturated/α-hetero) is 1. The van der Waals surface area contributed by atoms with Crippen LogP contribution >= 0.6 is 0 Å². The zero-order valence-electron chi connectivity index (χ0n) is 7.49. The summed E-state index contributed by atoms with van der Waals surface area (Å²) in [6.45, 7) is 0.659. The lowest BCUT2D eigenvalue weighted by Crippen LogP contribution is -2.04. The number of benzene rings is 1. The van der Waals surface area contributed by atoms with Gasteiger partial charge in [0.2, 0.25) is 0 Å². The summed E-state index contributed by atoms with van der Waals surface area (Å²) in [5.41, 5.74) is 7.60. The van der Waals surface area contributed by atoms with Crippen molar-refractivity contribution in [2.75, 3.05) is 6.54 Å². The highest BCUT2D eigenvalue weighted by atomic mass is 16.1. The van der Waals surface area contributed by atoms with Crippen LogP contribution in [-0.4, -0.2) is 12.3 Å². The van der Waals surface area contributed by atoms with Crippen LogP contribution in [0.3, 0.4) is 0 Å². The van der Waals surface area contributed by atoms with Gasteiger partial charge in [0, 0.05) is 12.0 Å². The minimum absolute atomic E-state index is 0.272. The molecular formula is C11H13NO. The average molecular weight is 175 g/mol. The molecule has 13 heavy (non-hydrogen) atoms. The van der Waals surface area contributed by atoms with Gasteiger partial charge in [-0.25, -0.2) is 0 Å². The van der Waals surface area contributed by atoms with Crippen LogP contribution < -0.4 is 5.73 Å². The molecule has 0 radical (unpaired) electrons. The van der Waals surface area contributed by atoms with Crippen molar-refractivity contribution in [3.63, 3.8) is 0 Å². The van der Waals surface area contributed by atoms with Gasteiger partial charge in [-0.3, -0.25) is 4.79 Å². The molecule has 2 rings (SSSR count). The van der Waals surface area contributed by atoms with Gasteiger partial charge in [-0.05, 0) is 24.4 Å². The lowest BCUT2D eigenvalue weighted by atomic mass is 9.98. The maximum atomic E-state index is 11.5. The summed E-state index contributed by atoms with van der Waals surface area (Å²) in [5.74, 6) is 0.641. The van der Waals surface area contributed by atoms with E-state index in [-0.39, 0.29) is 5.78 Å². The molecule has 0 bridgehead atoms. The fourth-order valence-corrected chi connectivity index (χ4v) is 2.01. The first-order valence-corrected chi connectivity index (χ1v) is 4.65. The Morgan fingerprint density at radius 3 is 2.92 bits per heavy atom. The minimum Gasteiger partial charge on any atom is -0.330 e. The van der Waals surface area contributed by atoms with E-state index < -0.39 is 0 Å². The Hall–Kier alpha value is -1.15. The van der Waals surface area contributed by atoms with Crippen molar-refractivity contribution >= 4 is 5.78 Å². The van der Waals surface area contributed by atoms with Gasteiger partial charge < -0.3 is 5.73 Å². The molecule has 2 N–H and O–H groups in total. The molecule has 0 fully saturated rings. The fraction of sp³-hybridized carbons (Fsp3) is 0.364. The van der Waals surface area contributed by atoms with Gasteiger partial charge in [-0.1, -0.05) is 24.3 Å². The predicted octanol–water partition coefficient (Wildman–Crippen LogP) is 1.71. The number of hydrogen-bond acceptors (Lipinski definition) is 2. The average Bonchev–Trinajstić information content (AvgIpc) is 2.46. The first-order chi connectivity index (χ1) is 6.33. The number of carbonyl (C=O) groups excluding carboxylic acids is 1. The standard InChI is InChI=1S/C11H13NO/c12-6-5-8-7-11(13)10-4-2-1-3-9(8)10/h1-4,8H,5-7,12H2/t8-/m0/s1. The van der Waals surface area contributed by atoms with Crippen LogP contribution in [-0.2, 0) is 0 Å². The van der Waals surface area contributed by atoms with E-state index in [2.05, 4.69) is 0 Å². The highest BCUT2D eigenvalue weighted by Crippen LogP contribution is 2.34. The van der Waals surface area contributed by atoms with E-state index in [0.717, 1.165) is 12.0 Å². The molecule has 0 aliphatic heterocycles. The van der Waals surface area contributed by atoms with E-state index in [0.29, 0.717) is 18.9 Å². The summed E-state index contributed by atoms with van der Waals surface area (Å²) in [6.07, 6.45) is 1.57. The Morgan fingerprint density at radius 2 is 2.15 bits per heavy atom. The molecule has 0 saturated heterocycles. The Morgan fingerprint density at radius 1 is 1.38 bits per heavy atom. The summed E-state index contributed by atoms with van der Waals surface area (Å²) in [5, 5.41) is 0. The minimum atomic E-state index is 0.272. The van der Waals surface area contributed by atoms with Gasteiger partial charge in [0.1, 0.15) is 0 Å². The SMILES string of the molecule is NCC[C@H]1CC(=O)c2ccccc21. The zero-order chi connectivity index (χ0) is 9.26. The van der Waals surface area contributed by atoms with E-state index in [1.807, 2.05) is 24.3 Å². The van der Waals surface area contributed by atoms with Crippen molar-refractivity contribution in [3.05, 3.63) is 35.4 Å². The number of nitrogens with two attached hydrogens (primary N) is 1. The van der Waals surface area contributed by atoms with E-state index >= 15 is 0 Å². The number of hydrogen-bond donors (Lipinski definition) is 1. The largest absolute Gasteiger partial charge is 0.330 e. The molecule has 0 unspecified atom stereocenters. The number of fused-ring (bicyclic) bond motifs is 1. The Labute approximate surface area is 77.8 Å². The smallest absolute Gasteiger partial charge is 0.163 e. The summed E-state index contributed by atoms with van der Waals surface area (Å²) in [4.78, 5) is 11.5. The quantitative estimate of drug-likeness (QED) is 0.743. The Balaban J connectivity index is 2.36. The topological polar surface area (TPSA) is 43.1 Å². The monoisotopic (exact) mass is 175 g/mol. The van der Waals surface area contributed by atoms with Crippen molar-refractivity contribution in [1.82, 2.24) is 0 Å². The van der Waals surface area contributed by atoms with Gasteiger partial charge in [-0.2, -0.15) is 0 Å². The molecular weight excluding hydrogens is 162 g/mol. The van der Waals surface area contributed by atoms with Crippen LogP contribution in [0.2, 0.25) is 0 Å². The molecule has 0 heterocycles. The molecule has 0 amide bonds. The molecule has 0 aromatic heterocycles. The first-order valence-electron chi connectivity index (χ1n) is 4.65. The number of ketones is 1. The van der Waals surface area contributed by atoms with Crippen LogP contribution in [0.1, 0.15) is 34.7 Å². The molecule has 1 aromatic carbocycles. The predicted molar refractivity (Wildman–Crippen MR) is 51.8 cm³/mol. The van der Waals surface area contributed by atoms with Crippen molar-refractivity contribution in [3.8, 4) is 0 Å². The second-order valence-corrected chi connectivity index (χ2v) is 3.49. The van der Waals surface area contributed by atoms with E-state index in [1.54, 1.807) is 0 Å². The van der Waals surface area contributed by atoms with Crippen molar-refractivity contribution in [1.29, 1.82) is 0 Å². The Bertz CT molecular complexity index is 333. The third kappa shape index (κ3) is 1.38. The lowest BCUT2D eigenvalue weighted by molar-refractivity contribution is 0.0988. The Kier molecular flexibility index (Phi) is 2.15. The number of carbonyl (C=O) groups is 1. The summed E-state index contributed by atoms with van der Waals surface area (Å²) >= 11 is 0. The molecule has 2 heteroatoms. The molecule has 0 saturated carbocycles. The van der Waals surface area contributed by atoms with E-state index in [4.69, 9.17) is 5.73 Å². The van der Waals surface area contributed by atoms with Crippen LogP contribution in [0.5, 0.6) is 0 Å². The molecule has 1 atom stereocenters. The highest BCUT2D eigenvalue weighted by Gasteiger charge is 2.27. The molecule has 1 aromatic rings. The maximum Gasteiger partial charge on any atom is 0.163 e. The van der Waals surface area contributed by atoms with Crippen LogP contribution in [0.25, 0.3) is 0 Å². The lowest BCUT2D eigenvalue weighted by Gasteiger charge is -2.07. The maximum absolute atomic E-state index is 11.5. The van der Waals surface area contributed by atoms with Gasteiger partial charge in [0.15, 0.2) is 5.78 Å². The summed E-state index contributed by atoms with van der Waals surface area (Å²) in [7, 11) is 0. The van der Waals surface area contributed by atoms with Crippen molar-refractivity contribution in [2.45, 2.75) is 18.8 Å². The fourth-order valence-electron chi connectivity index (χ4n) is 2.01. The molecule has 1 aliphatic rings.